The van der Waals surface area contributed by atoms with E-state index in [0.29, 0.717) is 49.0 Å². The van der Waals surface area contributed by atoms with Gasteiger partial charge in [0.2, 0.25) is 0 Å². The van der Waals surface area contributed by atoms with Crippen molar-refractivity contribution < 1.29 is 23.6 Å². The normalized spacial score (nSPS) is 15.1. The molecular formula is C28H23N3O7S. The number of nitro benzene ring substituents is 1. The zero-order valence-electron chi connectivity index (χ0n) is 21.2. The Balaban J connectivity index is 1.59. The Labute approximate surface area is 225 Å². The van der Waals surface area contributed by atoms with Crippen LogP contribution in [-0.2, 0) is 9.53 Å². The number of esters is 1. The molecule has 11 heteroatoms. The summed E-state index contributed by atoms with van der Waals surface area (Å²) in [7, 11) is 1.56. The number of thiazole rings is 1. The van der Waals surface area contributed by atoms with Gasteiger partial charge in [-0.15, -0.1) is 0 Å². The van der Waals surface area contributed by atoms with E-state index in [9.17, 15) is 19.7 Å². The fourth-order valence-corrected chi connectivity index (χ4v) is 5.38. The van der Waals surface area contributed by atoms with Gasteiger partial charge in [-0.05, 0) is 55.8 Å². The van der Waals surface area contributed by atoms with E-state index in [1.807, 2.05) is 12.1 Å². The molecule has 0 N–H and O–H groups in total. The summed E-state index contributed by atoms with van der Waals surface area (Å²) in [5.41, 5.74) is 1.79. The highest BCUT2D eigenvalue weighted by atomic mass is 32.1. The number of fused-ring (bicyclic) bond motifs is 1. The van der Waals surface area contributed by atoms with Gasteiger partial charge in [0.1, 0.15) is 17.3 Å². The van der Waals surface area contributed by atoms with Gasteiger partial charge in [-0.25, -0.2) is 9.79 Å². The Morgan fingerprint density at radius 2 is 1.87 bits per heavy atom. The first-order chi connectivity index (χ1) is 18.8. The minimum Gasteiger partial charge on any atom is -0.497 e. The number of nitro groups is 1. The summed E-state index contributed by atoms with van der Waals surface area (Å²) >= 11 is 1.19. The fraction of sp³-hybridized carbons (Fsp3) is 0.179. The van der Waals surface area contributed by atoms with E-state index in [4.69, 9.17) is 13.9 Å². The Morgan fingerprint density at radius 3 is 2.51 bits per heavy atom. The molecule has 0 fully saturated rings. The molecule has 0 saturated carbocycles. The van der Waals surface area contributed by atoms with Crippen molar-refractivity contribution in [3.63, 3.8) is 0 Å². The molecule has 0 spiro atoms. The number of benzene rings is 2. The van der Waals surface area contributed by atoms with Gasteiger partial charge in [-0.2, -0.15) is 0 Å². The van der Waals surface area contributed by atoms with Crippen molar-refractivity contribution in [2.24, 2.45) is 4.99 Å². The lowest BCUT2D eigenvalue weighted by molar-refractivity contribution is -0.384. The molecule has 3 heterocycles. The predicted molar refractivity (Wildman–Crippen MR) is 144 cm³/mol. The van der Waals surface area contributed by atoms with E-state index >= 15 is 0 Å². The maximum Gasteiger partial charge on any atom is 0.338 e. The number of ether oxygens (including phenoxy) is 2. The third kappa shape index (κ3) is 4.91. The lowest BCUT2D eigenvalue weighted by Gasteiger charge is -2.24. The van der Waals surface area contributed by atoms with Gasteiger partial charge in [0.15, 0.2) is 4.80 Å². The third-order valence-electron chi connectivity index (χ3n) is 6.21. The molecular weight excluding hydrogens is 522 g/mol. The highest BCUT2D eigenvalue weighted by Gasteiger charge is 2.33. The van der Waals surface area contributed by atoms with Crippen molar-refractivity contribution in [1.82, 2.24) is 4.57 Å². The zero-order valence-corrected chi connectivity index (χ0v) is 22.1. The molecule has 1 aliphatic heterocycles. The topological polar surface area (TPSA) is 126 Å². The lowest BCUT2D eigenvalue weighted by Crippen LogP contribution is -2.39. The van der Waals surface area contributed by atoms with Crippen LogP contribution in [0.25, 0.3) is 17.4 Å². The maximum absolute atomic E-state index is 13.7. The number of methoxy groups -OCH3 is 1. The van der Waals surface area contributed by atoms with Gasteiger partial charge in [0.05, 0.1) is 40.5 Å². The van der Waals surface area contributed by atoms with Gasteiger partial charge in [0.25, 0.3) is 11.2 Å². The molecule has 4 aromatic rings. The summed E-state index contributed by atoms with van der Waals surface area (Å²) in [6.45, 7) is 3.63. The van der Waals surface area contributed by atoms with E-state index in [1.165, 1.54) is 28.0 Å². The van der Waals surface area contributed by atoms with E-state index in [0.717, 1.165) is 0 Å². The summed E-state index contributed by atoms with van der Waals surface area (Å²) in [6.07, 6.45) is 1.62. The average Bonchev–Trinajstić information content (AvgIpc) is 3.52. The first kappa shape index (κ1) is 25.9. The lowest BCUT2D eigenvalue weighted by atomic mass is 9.96. The van der Waals surface area contributed by atoms with Crippen LogP contribution >= 0.6 is 11.3 Å². The molecule has 5 rings (SSSR count). The number of nitrogens with zero attached hydrogens (tertiary/aromatic N) is 3. The molecule has 1 aliphatic rings. The molecule has 2 aromatic carbocycles. The highest BCUT2D eigenvalue weighted by molar-refractivity contribution is 7.07. The summed E-state index contributed by atoms with van der Waals surface area (Å²) in [5.74, 6) is 1.04. The molecule has 0 bridgehead atoms. The molecule has 1 atom stereocenters. The van der Waals surface area contributed by atoms with Crippen LogP contribution in [0.3, 0.4) is 0 Å². The molecule has 2 aromatic heterocycles. The summed E-state index contributed by atoms with van der Waals surface area (Å²) in [5, 5.41) is 10.9. The Hall–Kier alpha value is -4.77. The van der Waals surface area contributed by atoms with Crippen molar-refractivity contribution in [3.05, 3.63) is 113 Å². The minimum atomic E-state index is -0.736. The molecule has 198 valence electrons. The van der Waals surface area contributed by atoms with Gasteiger partial charge < -0.3 is 13.9 Å². The molecule has 0 aliphatic carbocycles. The first-order valence-corrected chi connectivity index (χ1v) is 12.8. The molecule has 10 nitrogen and oxygen atoms in total. The van der Waals surface area contributed by atoms with Gasteiger partial charge in [0, 0.05) is 23.8 Å². The van der Waals surface area contributed by atoms with Crippen molar-refractivity contribution in [2.45, 2.75) is 19.9 Å². The van der Waals surface area contributed by atoms with Crippen molar-refractivity contribution in [2.75, 3.05) is 13.7 Å². The number of hydrogen-bond donors (Lipinski definition) is 0. The van der Waals surface area contributed by atoms with E-state index < -0.39 is 16.9 Å². The summed E-state index contributed by atoms with van der Waals surface area (Å²) < 4.78 is 18.4. The standard InChI is InChI=1S/C28H23N3O7S/c1-4-37-27(33)24-16(2)29-28-30(25(24)18-7-11-20(36-3)12-8-18)26(32)23(39-28)15-21-13-14-22(38-21)17-5-9-19(10-6-17)31(34)35/h5-15,25H,4H2,1-3H3/t25-/m0/s1. The Kier molecular flexibility index (Phi) is 6.99. The molecule has 39 heavy (non-hydrogen) atoms. The molecule has 0 radical (unpaired) electrons. The second-order valence-electron chi connectivity index (χ2n) is 8.58. The van der Waals surface area contributed by atoms with Crippen LogP contribution in [0.2, 0.25) is 0 Å². The van der Waals surface area contributed by atoms with E-state index in [2.05, 4.69) is 4.99 Å². The van der Waals surface area contributed by atoms with Crippen LogP contribution in [0.4, 0.5) is 5.69 Å². The second-order valence-corrected chi connectivity index (χ2v) is 9.59. The monoisotopic (exact) mass is 545 g/mol. The largest absolute Gasteiger partial charge is 0.497 e. The van der Waals surface area contributed by atoms with Crippen LogP contribution in [0.1, 0.15) is 31.2 Å². The van der Waals surface area contributed by atoms with Crippen molar-refractivity contribution in [3.8, 4) is 17.1 Å². The van der Waals surface area contributed by atoms with Crippen LogP contribution < -0.4 is 19.6 Å². The number of carbonyl (C=O) groups is 1. The molecule has 0 amide bonds. The number of allylic oxidation sites excluding steroid dienone is 1. The maximum atomic E-state index is 13.7. The quantitative estimate of drug-likeness (QED) is 0.195. The third-order valence-corrected chi connectivity index (χ3v) is 7.19. The molecule has 0 saturated heterocycles. The number of aromatic nitrogens is 1. The fourth-order valence-electron chi connectivity index (χ4n) is 4.36. The highest BCUT2D eigenvalue weighted by Crippen LogP contribution is 2.31. The van der Waals surface area contributed by atoms with Gasteiger partial charge in [-0.1, -0.05) is 23.5 Å². The predicted octanol–water partition coefficient (Wildman–Crippen LogP) is 3.98. The SMILES string of the molecule is CCOC(=O)C1=C(C)N=c2sc(=Cc3ccc(-c4ccc([N+](=O)[O-])cc4)o3)c(=O)n2[C@H]1c1ccc(OC)cc1. The first-order valence-electron chi connectivity index (χ1n) is 12.0. The van der Waals surface area contributed by atoms with Crippen LogP contribution in [0.5, 0.6) is 5.75 Å². The van der Waals surface area contributed by atoms with Gasteiger partial charge >= 0.3 is 5.97 Å². The van der Waals surface area contributed by atoms with E-state index in [1.54, 1.807) is 63.4 Å². The summed E-state index contributed by atoms with van der Waals surface area (Å²) in [6, 6.07) is 15.9. The second kappa shape index (κ2) is 10.5. The smallest absolute Gasteiger partial charge is 0.338 e. The molecule has 0 unspecified atom stereocenters. The summed E-state index contributed by atoms with van der Waals surface area (Å²) in [4.78, 5) is 42.2. The number of hydrogen-bond acceptors (Lipinski definition) is 9. The van der Waals surface area contributed by atoms with Crippen LogP contribution in [0.15, 0.2) is 86.1 Å². The number of carbonyl (C=O) groups excluding carboxylic acids is 1. The zero-order chi connectivity index (χ0) is 27.7. The average molecular weight is 546 g/mol. The van der Waals surface area contributed by atoms with Crippen LogP contribution in [-0.4, -0.2) is 29.2 Å². The Morgan fingerprint density at radius 1 is 1.15 bits per heavy atom. The van der Waals surface area contributed by atoms with Gasteiger partial charge in [-0.3, -0.25) is 19.5 Å². The van der Waals surface area contributed by atoms with Crippen molar-refractivity contribution in [1.29, 1.82) is 0 Å². The Bertz CT molecular complexity index is 1780. The number of furan rings is 1. The minimum absolute atomic E-state index is 0.0180. The van der Waals surface area contributed by atoms with Crippen molar-refractivity contribution >= 4 is 29.1 Å². The number of non-ortho nitro benzene ring substituents is 1. The number of rotatable bonds is 7. The van der Waals surface area contributed by atoms with Crippen LogP contribution in [0, 0.1) is 10.1 Å². The van der Waals surface area contributed by atoms with E-state index in [-0.39, 0.29) is 17.9 Å².